The maximum Gasteiger partial charge on any atom is 0.224 e. The van der Waals surface area contributed by atoms with Crippen LogP contribution in [0.15, 0.2) is 48.5 Å². The van der Waals surface area contributed by atoms with Gasteiger partial charge in [0.1, 0.15) is 5.75 Å². The molecule has 0 aliphatic rings. The van der Waals surface area contributed by atoms with Crippen LogP contribution in [0.5, 0.6) is 5.75 Å². The Kier molecular flexibility index (Phi) is 6.28. The van der Waals surface area contributed by atoms with E-state index in [0.717, 1.165) is 24.2 Å². The minimum atomic E-state index is 0.0250. The van der Waals surface area contributed by atoms with E-state index >= 15 is 0 Å². The van der Waals surface area contributed by atoms with Crippen molar-refractivity contribution in [2.24, 2.45) is 0 Å². The van der Waals surface area contributed by atoms with Crippen LogP contribution in [0.25, 0.3) is 0 Å². The van der Waals surface area contributed by atoms with Gasteiger partial charge >= 0.3 is 0 Å². The third-order valence-electron chi connectivity index (χ3n) is 3.38. The lowest BCUT2D eigenvalue weighted by molar-refractivity contribution is -0.120. The zero-order chi connectivity index (χ0) is 15.8. The van der Waals surface area contributed by atoms with E-state index in [2.05, 4.69) is 5.32 Å². The highest BCUT2D eigenvalue weighted by Gasteiger charge is 2.03. The van der Waals surface area contributed by atoms with Gasteiger partial charge in [0.15, 0.2) is 0 Å². The maximum atomic E-state index is 11.8. The van der Waals surface area contributed by atoms with Crippen LogP contribution < -0.4 is 10.1 Å². The topological polar surface area (TPSA) is 38.3 Å². The zero-order valence-electron chi connectivity index (χ0n) is 12.6. The van der Waals surface area contributed by atoms with E-state index in [9.17, 15) is 4.79 Å². The predicted octanol–water partition coefficient (Wildman–Crippen LogP) is 3.64. The number of aryl methyl sites for hydroxylation is 1. The molecule has 0 unspecified atom stereocenters. The molecular formula is C18H20ClNO2. The minimum absolute atomic E-state index is 0.0250. The van der Waals surface area contributed by atoms with E-state index in [1.165, 1.54) is 5.56 Å². The molecule has 0 bridgehead atoms. The first-order valence-electron chi connectivity index (χ1n) is 7.31. The number of hydrogen-bond acceptors (Lipinski definition) is 2. The number of ether oxygens (including phenoxy) is 1. The van der Waals surface area contributed by atoms with Crippen molar-refractivity contribution in [2.45, 2.75) is 19.3 Å². The molecule has 3 nitrogen and oxygen atoms in total. The quantitative estimate of drug-likeness (QED) is 0.792. The zero-order valence-corrected chi connectivity index (χ0v) is 13.4. The molecule has 0 atom stereocenters. The van der Waals surface area contributed by atoms with Gasteiger partial charge in [-0.3, -0.25) is 4.79 Å². The van der Waals surface area contributed by atoms with E-state index < -0.39 is 0 Å². The summed E-state index contributed by atoms with van der Waals surface area (Å²) in [5, 5.41) is 3.59. The molecule has 0 saturated carbocycles. The summed E-state index contributed by atoms with van der Waals surface area (Å²) in [7, 11) is 1.66. The molecule has 0 aliphatic heterocycles. The first-order valence-corrected chi connectivity index (χ1v) is 7.69. The van der Waals surface area contributed by atoms with Crippen LogP contribution in [0.4, 0.5) is 0 Å². The Bertz CT molecular complexity index is 611. The average molecular weight is 318 g/mol. The Labute approximate surface area is 136 Å². The number of nitrogens with one attached hydrogen (secondary N) is 1. The van der Waals surface area contributed by atoms with Gasteiger partial charge in [0.25, 0.3) is 0 Å². The van der Waals surface area contributed by atoms with Crippen LogP contribution in [0.2, 0.25) is 5.02 Å². The summed E-state index contributed by atoms with van der Waals surface area (Å²) in [6, 6.07) is 15.4. The van der Waals surface area contributed by atoms with Crippen molar-refractivity contribution in [3.05, 3.63) is 64.7 Å². The lowest BCUT2D eigenvalue weighted by Gasteiger charge is -2.06. The van der Waals surface area contributed by atoms with Crippen LogP contribution in [0.3, 0.4) is 0 Å². The monoisotopic (exact) mass is 317 g/mol. The second kappa shape index (κ2) is 8.44. The Hall–Kier alpha value is -2.00. The van der Waals surface area contributed by atoms with E-state index in [1.54, 1.807) is 13.2 Å². The number of hydrogen-bond donors (Lipinski definition) is 1. The first-order chi connectivity index (χ1) is 10.7. The number of amides is 1. The number of methoxy groups -OCH3 is 1. The summed E-state index contributed by atoms with van der Waals surface area (Å²) in [4.78, 5) is 11.8. The molecule has 116 valence electrons. The molecule has 0 spiro atoms. The highest BCUT2D eigenvalue weighted by Crippen LogP contribution is 2.13. The van der Waals surface area contributed by atoms with Gasteiger partial charge < -0.3 is 10.1 Å². The first kappa shape index (κ1) is 16.4. The molecule has 4 heteroatoms. The summed E-state index contributed by atoms with van der Waals surface area (Å²) in [6.07, 6.45) is 2.21. The van der Waals surface area contributed by atoms with Gasteiger partial charge in [0.05, 0.1) is 13.5 Å². The van der Waals surface area contributed by atoms with Gasteiger partial charge in [0, 0.05) is 11.6 Å². The molecule has 0 heterocycles. The Morgan fingerprint density at radius 1 is 1.14 bits per heavy atom. The number of halogens is 1. The SMILES string of the molecule is COc1ccc(CCCNC(=O)Cc2cccc(Cl)c2)cc1. The standard InChI is InChI=1S/C18H20ClNO2/c1-22-17-9-7-14(8-10-17)5-3-11-20-18(21)13-15-4-2-6-16(19)12-15/h2,4,6-10,12H,3,5,11,13H2,1H3,(H,20,21). The van der Waals surface area contributed by atoms with Crippen LogP contribution in [-0.2, 0) is 17.6 Å². The fourth-order valence-corrected chi connectivity index (χ4v) is 2.42. The number of rotatable bonds is 7. The summed E-state index contributed by atoms with van der Waals surface area (Å²) in [5.74, 6) is 0.885. The fraction of sp³-hybridized carbons (Fsp3) is 0.278. The highest BCUT2D eigenvalue weighted by atomic mass is 35.5. The minimum Gasteiger partial charge on any atom is -0.497 e. The van der Waals surface area contributed by atoms with Gasteiger partial charge in [-0.1, -0.05) is 35.9 Å². The van der Waals surface area contributed by atoms with Crippen molar-refractivity contribution in [1.82, 2.24) is 5.32 Å². The van der Waals surface area contributed by atoms with Crippen molar-refractivity contribution in [1.29, 1.82) is 0 Å². The number of carbonyl (C=O) groups is 1. The van der Waals surface area contributed by atoms with Gasteiger partial charge in [-0.15, -0.1) is 0 Å². The van der Waals surface area contributed by atoms with E-state index in [0.29, 0.717) is 18.0 Å². The molecule has 0 radical (unpaired) electrons. The Morgan fingerprint density at radius 3 is 2.59 bits per heavy atom. The van der Waals surface area contributed by atoms with Crippen molar-refractivity contribution in [2.75, 3.05) is 13.7 Å². The summed E-state index contributed by atoms with van der Waals surface area (Å²) in [6.45, 7) is 0.672. The van der Waals surface area contributed by atoms with Gasteiger partial charge in [0.2, 0.25) is 5.91 Å². The molecule has 1 N–H and O–H groups in total. The summed E-state index contributed by atoms with van der Waals surface area (Å²) < 4.78 is 5.12. The number of carbonyl (C=O) groups excluding carboxylic acids is 1. The van der Waals surface area contributed by atoms with Gasteiger partial charge in [-0.05, 0) is 48.2 Å². The predicted molar refractivity (Wildman–Crippen MR) is 89.5 cm³/mol. The smallest absolute Gasteiger partial charge is 0.224 e. The second-order valence-corrected chi connectivity index (χ2v) is 5.54. The lowest BCUT2D eigenvalue weighted by Crippen LogP contribution is -2.26. The van der Waals surface area contributed by atoms with Crippen LogP contribution in [-0.4, -0.2) is 19.6 Å². The van der Waals surface area contributed by atoms with E-state index in [4.69, 9.17) is 16.3 Å². The molecule has 1 amide bonds. The van der Waals surface area contributed by atoms with E-state index in [1.807, 2.05) is 42.5 Å². The Morgan fingerprint density at radius 2 is 1.91 bits per heavy atom. The number of benzene rings is 2. The van der Waals surface area contributed by atoms with Crippen molar-refractivity contribution < 1.29 is 9.53 Å². The molecule has 0 aliphatic carbocycles. The van der Waals surface area contributed by atoms with Crippen LogP contribution in [0.1, 0.15) is 17.5 Å². The van der Waals surface area contributed by atoms with Crippen LogP contribution in [0, 0.1) is 0 Å². The van der Waals surface area contributed by atoms with Crippen molar-refractivity contribution in [3.8, 4) is 5.75 Å². The normalized spacial score (nSPS) is 10.3. The van der Waals surface area contributed by atoms with Crippen molar-refractivity contribution in [3.63, 3.8) is 0 Å². The molecule has 2 aromatic carbocycles. The highest BCUT2D eigenvalue weighted by molar-refractivity contribution is 6.30. The molecule has 0 saturated heterocycles. The van der Waals surface area contributed by atoms with Gasteiger partial charge in [-0.2, -0.15) is 0 Å². The van der Waals surface area contributed by atoms with Crippen molar-refractivity contribution >= 4 is 17.5 Å². The molecule has 2 rings (SSSR count). The second-order valence-electron chi connectivity index (χ2n) is 5.11. The van der Waals surface area contributed by atoms with E-state index in [-0.39, 0.29) is 5.91 Å². The fourth-order valence-electron chi connectivity index (χ4n) is 2.21. The molecular weight excluding hydrogens is 298 g/mol. The summed E-state index contributed by atoms with van der Waals surface area (Å²) >= 11 is 5.90. The molecule has 0 fully saturated rings. The molecule has 2 aromatic rings. The largest absolute Gasteiger partial charge is 0.497 e. The third kappa shape index (κ3) is 5.41. The average Bonchev–Trinajstić information content (AvgIpc) is 2.52. The Balaban J connectivity index is 1.68. The lowest BCUT2D eigenvalue weighted by atomic mass is 10.1. The molecule has 22 heavy (non-hydrogen) atoms. The van der Waals surface area contributed by atoms with Crippen LogP contribution >= 0.6 is 11.6 Å². The van der Waals surface area contributed by atoms with Gasteiger partial charge in [-0.25, -0.2) is 0 Å². The summed E-state index contributed by atoms with van der Waals surface area (Å²) in [5.41, 5.74) is 2.17. The molecule has 0 aromatic heterocycles. The third-order valence-corrected chi connectivity index (χ3v) is 3.61. The maximum absolute atomic E-state index is 11.8.